The van der Waals surface area contributed by atoms with E-state index < -0.39 is 0 Å². The molecule has 0 fully saturated rings. The highest BCUT2D eigenvalue weighted by Gasteiger charge is 2.15. The van der Waals surface area contributed by atoms with Gasteiger partial charge in [0.1, 0.15) is 0 Å². The molecule has 0 aromatic carbocycles. The zero-order valence-corrected chi connectivity index (χ0v) is 11.6. The number of rotatable bonds is 9. The van der Waals surface area contributed by atoms with Gasteiger partial charge in [-0.2, -0.15) is 11.8 Å². The van der Waals surface area contributed by atoms with E-state index in [0.29, 0.717) is 0 Å². The molecule has 0 saturated heterocycles. The predicted molar refractivity (Wildman–Crippen MR) is 72.7 cm³/mol. The van der Waals surface area contributed by atoms with Crippen molar-refractivity contribution in [3.8, 4) is 0 Å². The molecule has 0 heterocycles. The van der Waals surface area contributed by atoms with Gasteiger partial charge in [0.25, 0.3) is 0 Å². The third kappa shape index (κ3) is 7.99. The van der Waals surface area contributed by atoms with Crippen molar-refractivity contribution in [1.82, 2.24) is 5.32 Å². The van der Waals surface area contributed by atoms with E-state index in [1.807, 2.05) is 25.6 Å². The van der Waals surface area contributed by atoms with Gasteiger partial charge in [-0.25, -0.2) is 0 Å². The van der Waals surface area contributed by atoms with E-state index in [4.69, 9.17) is 5.73 Å². The summed E-state index contributed by atoms with van der Waals surface area (Å²) >= 11 is 1.89. The molecule has 0 saturated carbocycles. The van der Waals surface area contributed by atoms with E-state index in [1.54, 1.807) is 0 Å². The van der Waals surface area contributed by atoms with Crippen molar-refractivity contribution in [3.63, 3.8) is 0 Å². The SMILES string of the molecule is CSCCCCCCNC(=O)C(C)C(C)N. The third-order valence-corrected chi connectivity index (χ3v) is 3.47. The van der Waals surface area contributed by atoms with Gasteiger partial charge in [-0.15, -0.1) is 0 Å². The molecule has 0 aliphatic rings. The highest BCUT2D eigenvalue weighted by atomic mass is 32.2. The summed E-state index contributed by atoms with van der Waals surface area (Å²) in [5.41, 5.74) is 5.66. The summed E-state index contributed by atoms with van der Waals surface area (Å²) in [6.07, 6.45) is 6.96. The van der Waals surface area contributed by atoms with Crippen LogP contribution in [0.4, 0.5) is 0 Å². The summed E-state index contributed by atoms with van der Waals surface area (Å²) in [6.45, 7) is 4.53. The Hall–Kier alpha value is -0.220. The second-order valence-corrected chi connectivity index (χ2v) is 5.33. The van der Waals surface area contributed by atoms with Crippen LogP contribution in [0.3, 0.4) is 0 Å². The molecule has 0 spiro atoms. The quantitative estimate of drug-likeness (QED) is 0.612. The molecule has 3 nitrogen and oxygen atoms in total. The van der Waals surface area contributed by atoms with Crippen molar-refractivity contribution < 1.29 is 4.79 Å². The van der Waals surface area contributed by atoms with Crippen molar-refractivity contribution in [3.05, 3.63) is 0 Å². The molecule has 2 unspecified atom stereocenters. The van der Waals surface area contributed by atoms with Gasteiger partial charge in [-0.3, -0.25) is 4.79 Å². The fourth-order valence-corrected chi connectivity index (χ4v) is 1.83. The summed E-state index contributed by atoms with van der Waals surface area (Å²) in [5, 5.41) is 2.93. The number of carbonyl (C=O) groups excluding carboxylic acids is 1. The summed E-state index contributed by atoms with van der Waals surface area (Å²) in [7, 11) is 0. The van der Waals surface area contributed by atoms with Crippen LogP contribution in [0.5, 0.6) is 0 Å². The first-order valence-corrected chi connectivity index (χ1v) is 7.51. The molecule has 96 valence electrons. The van der Waals surface area contributed by atoms with Crippen LogP contribution >= 0.6 is 11.8 Å². The van der Waals surface area contributed by atoms with Crippen LogP contribution in [0.25, 0.3) is 0 Å². The molecule has 0 aromatic rings. The number of thioether (sulfide) groups is 1. The molecule has 3 N–H and O–H groups in total. The Morgan fingerprint density at radius 1 is 1.25 bits per heavy atom. The van der Waals surface area contributed by atoms with Crippen LogP contribution in [0, 0.1) is 5.92 Å². The van der Waals surface area contributed by atoms with Crippen LogP contribution in [0.1, 0.15) is 39.5 Å². The van der Waals surface area contributed by atoms with E-state index >= 15 is 0 Å². The Balaban J connectivity index is 3.34. The van der Waals surface area contributed by atoms with Gasteiger partial charge >= 0.3 is 0 Å². The van der Waals surface area contributed by atoms with E-state index in [0.717, 1.165) is 13.0 Å². The number of unbranched alkanes of at least 4 members (excludes halogenated alkanes) is 3. The van der Waals surface area contributed by atoms with Crippen molar-refractivity contribution in [2.24, 2.45) is 11.7 Å². The Morgan fingerprint density at radius 2 is 1.88 bits per heavy atom. The van der Waals surface area contributed by atoms with Crippen LogP contribution in [0.15, 0.2) is 0 Å². The molecular weight excluding hydrogens is 220 g/mol. The van der Waals surface area contributed by atoms with Gasteiger partial charge < -0.3 is 11.1 Å². The average Bonchev–Trinajstić information content (AvgIpc) is 2.26. The Morgan fingerprint density at radius 3 is 2.44 bits per heavy atom. The highest BCUT2D eigenvalue weighted by Crippen LogP contribution is 2.04. The Labute approximate surface area is 104 Å². The second kappa shape index (κ2) is 9.97. The van der Waals surface area contributed by atoms with Gasteiger partial charge in [0, 0.05) is 18.5 Å². The summed E-state index contributed by atoms with van der Waals surface area (Å²) in [4.78, 5) is 11.5. The molecule has 0 aliphatic heterocycles. The van der Waals surface area contributed by atoms with Gasteiger partial charge in [-0.05, 0) is 31.8 Å². The van der Waals surface area contributed by atoms with Crippen LogP contribution in [-0.4, -0.2) is 30.5 Å². The number of hydrogen-bond donors (Lipinski definition) is 2. The molecule has 0 aliphatic carbocycles. The van der Waals surface area contributed by atoms with E-state index in [2.05, 4.69) is 11.6 Å². The smallest absolute Gasteiger partial charge is 0.224 e. The largest absolute Gasteiger partial charge is 0.356 e. The minimum atomic E-state index is -0.0866. The number of carbonyl (C=O) groups is 1. The molecule has 0 rings (SSSR count). The maximum atomic E-state index is 11.5. The first kappa shape index (κ1) is 15.8. The lowest BCUT2D eigenvalue weighted by molar-refractivity contribution is -0.124. The molecule has 0 aromatic heterocycles. The molecule has 16 heavy (non-hydrogen) atoms. The molecule has 0 radical (unpaired) electrons. The lowest BCUT2D eigenvalue weighted by Crippen LogP contribution is -2.38. The monoisotopic (exact) mass is 246 g/mol. The molecule has 4 heteroatoms. The molecule has 1 amide bonds. The van der Waals surface area contributed by atoms with Crippen molar-refractivity contribution in [2.75, 3.05) is 18.6 Å². The number of hydrogen-bond acceptors (Lipinski definition) is 3. The number of nitrogens with one attached hydrogen (secondary N) is 1. The fourth-order valence-electron chi connectivity index (χ4n) is 1.34. The minimum Gasteiger partial charge on any atom is -0.356 e. The third-order valence-electron chi connectivity index (χ3n) is 2.78. The summed E-state index contributed by atoms with van der Waals surface area (Å²) < 4.78 is 0. The van der Waals surface area contributed by atoms with E-state index in [1.165, 1.54) is 25.0 Å². The number of nitrogens with two attached hydrogens (primary N) is 1. The van der Waals surface area contributed by atoms with Crippen molar-refractivity contribution in [2.45, 2.75) is 45.6 Å². The molecule has 0 bridgehead atoms. The highest BCUT2D eigenvalue weighted by molar-refractivity contribution is 7.98. The van der Waals surface area contributed by atoms with Crippen molar-refractivity contribution >= 4 is 17.7 Å². The lowest BCUT2D eigenvalue weighted by Gasteiger charge is -2.15. The predicted octanol–water partition coefficient (Wildman–Crippen LogP) is 2.01. The van der Waals surface area contributed by atoms with Gasteiger partial charge in [0.15, 0.2) is 0 Å². The molecule has 2 atom stereocenters. The lowest BCUT2D eigenvalue weighted by atomic mass is 10.0. The second-order valence-electron chi connectivity index (χ2n) is 4.35. The van der Waals surface area contributed by atoms with Gasteiger partial charge in [-0.1, -0.05) is 19.8 Å². The van der Waals surface area contributed by atoms with E-state index in [9.17, 15) is 4.79 Å². The fraction of sp³-hybridized carbons (Fsp3) is 0.917. The Kier molecular flexibility index (Phi) is 9.83. The standard InChI is InChI=1S/C12H26N2OS/c1-10(11(2)13)12(15)14-8-6-4-5-7-9-16-3/h10-11H,4-9,13H2,1-3H3,(H,14,15). The maximum Gasteiger partial charge on any atom is 0.224 e. The van der Waals surface area contributed by atoms with Gasteiger partial charge in [0.05, 0.1) is 0 Å². The topological polar surface area (TPSA) is 55.1 Å². The number of amides is 1. The minimum absolute atomic E-state index is 0.0680. The van der Waals surface area contributed by atoms with Gasteiger partial charge in [0.2, 0.25) is 5.91 Å². The average molecular weight is 246 g/mol. The van der Waals surface area contributed by atoms with Crippen molar-refractivity contribution in [1.29, 1.82) is 0 Å². The summed E-state index contributed by atoms with van der Waals surface area (Å²) in [5.74, 6) is 1.24. The molecular formula is C12H26N2OS. The normalized spacial score (nSPS) is 14.5. The van der Waals surface area contributed by atoms with E-state index in [-0.39, 0.29) is 17.9 Å². The first-order valence-electron chi connectivity index (χ1n) is 6.11. The Bertz CT molecular complexity index is 186. The zero-order valence-electron chi connectivity index (χ0n) is 10.8. The van der Waals surface area contributed by atoms with Crippen LogP contribution in [0.2, 0.25) is 0 Å². The first-order chi connectivity index (χ1) is 7.59. The zero-order chi connectivity index (χ0) is 12.4. The maximum absolute atomic E-state index is 11.5. The van der Waals surface area contributed by atoms with Crippen LogP contribution in [-0.2, 0) is 4.79 Å². The van der Waals surface area contributed by atoms with Crippen LogP contribution < -0.4 is 11.1 Å². The summed E-state index contributed by atoms with van der Waals surface area (Å²) in [6, 6.07) is -0.0680.